The van der Waals surface area contributed by atoms with Gasteiger partial charge in [0.15, 0.2) is 0 Å². The van der Waals surface area contributed by atoms with E-state index >= 15 is 0 Å². The predicted molar refractivity (Wildman–Crippen MR) is 43.9 cm³/mol. The van der Waals surface area contributed by atoms with E-state index in [1.807, 2.05) is 0 Å². The van der Waals surface area contributed by atoms with E-state index in [9.17, 15) is 4.79 Å². The molecule has 0 aromatic rings. The highest BCUT2D eigenvalue weighted by molar-refractivity contribution is 5.85. The van der Waals surface area contributed by atoms with Crippen molar-refractivity contribution >= 4 is 5.97 Å². The molecule has 12 heavy (non-hydrogen) atoms. The van der Waals surface area contributed by atoms with Gasteiger partial charge in [0.2, 0.25) is 0 Å². The topological polar surface area (TPSA) is 66.8 Å². The van der Waals surface area contributed by atoms with Crippen molar-refractivity contribution in [2.45, 2.75) is 13.3 Å². The summed E-state index contributed by atoms with van der Waals surface area (Å²) in [5.74, 6) is -0.905. The minimum Gasteiger partial charge on any atom is -0.478 e. The molecule has 0 aromatic heterocycles. The average Bonchev–Trinajstić information content (AvgIpc) is 2.03. The highest BCUT2D eigenvalue weighted by Crippen LogP contribution is 1.95. The van der Waals surface area contributed by atoms with Crippen LogP contribution in [0, 0.1) is 0 Å². The normalized spacial score (nSPS) is 11.7. The Morgan fingerprint density at radius 3 is 2.67 bits per heavy atom. The van der Waals surface area contributed by atoms with Gasteiger partial charge >= 0.3 is 5.97 Å². The van der Waals surface area contributed by atoms with Crippen molar-refractivity contribution in [2.24, 2.45) is 0 Å². The lowest BCUT2D eigenvalue weighted by Gasteiger charge is -1.98. The number of hydrogen-bond acceptors (Lipinski definition) is 3. The van der Waals surface area contributed by atoms with Gasteiger partial charge in [-0.05, 0) is 13.3 Å². The summed E-state index contributed by atoms with van der Waals surface area (Å²) in [7, 11) is 0. The fourth-order valence-corrected chi connectivity index (χ4v) is 0.613. The molecule has 0 rings (SSSR count). The highest BCUT2D eigenvalue weighted by atomic mass is 16.5. The molecule has 0 aromatic carbocycles. The van der Waals surface area contributed by atoms with E-state index in [1.54, 1.807) is 6.08 Å². The summed E-state index contributed by atoms with van der Waals surface area (Å²) >= 11 is 0. The molecule has 4 nitrogen and oxygen atoms in total. The van der Waals surface area contributed by atoms with Gasteiger partial charge in [0, 0.05) is 5.57 Å². The SMILES string of the molecule is CC(=CCCOCCO)C(=O)O. The zero-order valence-corrected chi connectivity index (χ0v) is 7.12. The molecule has 0 aliphatic rings. The second kappa shape index (κ2) is 6.82. The van der Waals surface area contributed by atoms with E-state index in [-0.39, 0.29) is 6.61 Å². The van der Waals surface area contributed by atoms with Crippen LogP contribution in [0.1, 0.15) is 13.3 Å². The van der Waals surface area contributed by atoms with Crippen LogP contribution in [0.25, 0.3) is 0 Å². The first-order valence-corrected chi connectivity index (χ1v) is 3.77. The Morgan fingerprint density at radius 2 is 2.17 bits per heavy atom. The third kappa shape index (κ3) is 5.88. The van der Waals surface area contributed by atoms with Gasteiger partial charge in [-0.1, -0.05) is 6.08 Å². The number of hydrogen-bond donors (Lipinski definition) is 2. The number of aliphatic hydroxyl groups excluding tert-OH is 1. The summed E-state index contributed by atoms with van der Waals surface area (Å²) in [5, 5.41) is 16.8. The van der Waals surface area contributed by atoms with E-state index in [1.165, 1.54) is 6.92 Å². The third-order valence-corrected chi connectivity index (χ3v) is 1.29. The van der Waals surface area contributed by atoms with Crippen LogP contribution in [0.15, 0.2) is 11.6 Å². The quantitative estimate of drug-likeness (QED) is 0.452. The summed E-state index contributed by atoms with van der Waals surface area (Å²) in [6.45, 7) is 2.29. The van der Waals surface area contributed by atoms with Gasteiger partial charge in [-0.15, -0.1) is 0 Å². The summed E-state index contributed by atoms with van der Waals surface area (Å²) in [6, 6.07) is 0. The van der Waals surface area contributed by atoms with Gasteiger partial charge in [0.05, 0.1) is 19.8 Å². The Morgan fingerprint density at radius 1 is 1.50 bits per heavy atom. The fraction of sp³-hybridized carbons (Fsp3) is 0.625. The van der Waals surface area contributed by atoms with Gasteiger partial charge in [-0.25, -0.2) is 4.79 Å². The molecule has 0 heterocycles. The fourth-order valence-electron chi connectivity index (χ4n) is 0.613. The lowest BCUT2D eigenvalue weighted by atomic mass is 10.2. The van der Waals surface area contributed by atoms with Crippen LogP contribution in [-0.4, -0.2) is 36.0 Å². The van der Waals surface area contributed by atoms with Crippen LogP contribution in [0.3, 0.4) is 0 Å². The molecule has 0 aliphatic carbocycles. The summed E-state index contributed by atoms with van der Waals surface area (Å²) < 4.78 is 4.93. The number of aliphatic hydroxyl groups is 1. The molecular formula is C8H14O4. The third-order valence-electron chi connectivity index (χ3n) is 1.29. The van der Waals surface area contributed by atoms with E-state index in [2.05, 4.69) is 0 Å². The van der Waals surface area contributed by atoms with Crippen LogP contribution in [-0.2, 0) is 9.53 Å². The maximum Gasteiger partial charge on any atom is 0.330 e. The van der Waals surface area contributed by atoms with Gasteiger partial charge < -0.3 is 14.9 Å². The second-order valence-corrected chi connectivity index (χ2v) is 2.32. The van der Waals surface area contributed by atoms with Gasteiger partial charge in [-0.2, -0.15) is 0 Å². The molecule has 0 spiro atoms. The molecule has 0 saturated carbocycles. The van der Waals surface area contributed by atoms with Crippen LogP contribution in [0.5, 0.6) is 0 Å². The standard InChI is InChI=1S/C8H14O4/c1-7(8(10)11)3-2-5-12-6-4-9/h3,9H,2,4-6H2,1H3,(H,10,11). The molecule has 0 amide bonds. The van der Waals surface area contributed by atoms with Crippen molar-refractivity contribution in [3.8, 4) is 0 Å². The monoisotopic (exact) mass is 174 g/mol. The molecule has 0 unspecified atom stereocenters. The van der Waals surface area contributed by atoms with Gasteiger partial charge in [0.25, 0.3) is 0 Å². The Hall–Kier alpha value is -0.870. The number of carboxylic acids is 1. The van der Waals surface area contributed by atoms with Crippen molar-refractivity contribution in [1.82, 2.24) is 0 Å². The lowest BCUT2D eigenvalue weighted by Crippen LogP contribution is -2.01. The molecule has 2 N–H and O–H groups in total. The Bertz CT molecular complexity index is 162. The van der Waals surface area contributed by atoms with Crippen molar-refractivity contribution < 1.29 is 19.7 Å². The first-order valence-electron chi connectivity index (χ1n) is 3.77. The van der Waals surface area contributed by atoms with E-state index in [0.717, 1.165) is 0 Å². The van der Waals surface area contributed by atoms with Crippen molar-refractivity contribution in [1.29, 1.82) is 0 Å². The maximum atomic E-state index is 10.3. The maximum absolute atomic E-state index is 10.3. The van der Waals surface area contributed by atoms with Gasteiger partial charge in [-0.3, -0.25) is 0 Å². The number of carbonyl (C=O) groups is 1. The summed E-state index contributed by atoms with van der Waals surface area (Å²) in [6.07, 6.45) is 2.16. The Balaban J connectivity index is 3.40. The van der Waals surface area contributed by atoms with Crippen LogP contribution < -0.4 is 0 Å². The largest absolute Gasteiger partial charge is 0.478 e. The van der Waals surface area contributed by atoms with Crippen molar-refractivity contribution in [3.63, 3.8) is 0 Å². The van der Waals surface area contributed by atoms with Crippen LogP contribution in [0.4, 0.5) is 0 Å². The van der Waals surface area contributed by atoms with E-state index in [4.69, 9.17) is 14.9 Å². The zero-order valence-electron chi connectivity index (χ0n) is 7.12. The molecule has 0 aliphatic heterocycles. The Labute approximate surface area is 71.5 Å². The van der Waals surface area contributed by atoms with E-state index < -0.39 is 5.97 Å². The minimum atomic E-state index is -0.905. The average molecular weight is 174 g/mol. The molecule has 0 atom stereocenters. The molecule has 0 radical (unpaired) electrons. The summed E-state index contributed by atoms with van der Waals surface area (Å²) in [5.41, 5.74) is 0.322. The molecular weight excluding hydrogens is 160 g/mol. The predicted octanol–water partition coefficient (Wildman–Crippen LogP) is 0.416. The zero-order chi connectivity index (χ0) is 9.40. The van der Waals surface area contributed by atoms with Crippen molar-refractivity contribution in [2.75, 3.05) is 19.8 Å². The van der Waals surface area contributed by atoms with Crippen LogP contribution in [0.2, 0.25) is 0 Å². The lowest BCUT2D eigenvalue weighted by molar-refractivity contribution is -0.132. The minimum absolute atomic E-state index is 0.00161. The second-order valence-electron chi connectivity index (χ2n) is 2.32. The molecule has 0 saturated heterocycles. The van der Waals surface area contributed by atoms with E-state index in [0.29, 0.717) is 25.2 Å². The number of rotatable bonds is 6. The molecule has 0 bridgehead atoms. The highest BCUT2D eigenvalue weighted by Gasteiger charge is 1.97. The first-order chi connectivity index (χ1) is 5.68. The van der Waals surface area contributed by atoms with Gasteiger partial charge in [0.1, 0.15) is 0 Å². The number of ether oxygens (including phenoxy) is 1. The molecule has 70 valence electrons. The molecule has 4 heteroatoms. The number of carboxylic acid groups (broad SMARTS) is 1. The Kier molecular flexibility index (Phi) is 6.32. The first kappa shape index (κ1) is 11.1. The van der Waals surface area contributed by atoms with Crippen molar-refractivity contribution in [3.05, 3.63) is 11.6 Å². The number of aliphatic carboxylic acids is 1. The van der Waals surface area contributed by atoms with Crippen LogP contribution >= 0.6 is 0 Å². The summed E-state index contributed by atoms with van der Waals surface area (Å²) in [4.78, 5) is 10.3. The molecule has 0 fully saturated rings. The smallest absolute Gasteiger partial charge is 0.330 e.